The van der Waals surface area contributed by atoms with Crippen molar-refractivity contribution in [1.82, 2.24) is 0 Å². The number of aliphatic hydroxyl groups is 1. The highest BCUT2D eigenvalue weighted by molar-refractivity contribution is 6.10. The molecule has 0 saturated heterocycles. The van der Waals surface area contributed by atoms with Crippen molar-refractivity contribution < 1.29 is 14.6 Å². The number of aliphatic hydroxyl groups excluding tert-OH is 1. The highest BCUT2D eigenvalue weighted by atomic mass is 16.5. The first-order valence-electron chi connectivity index (χ1n) is 6.79. The molecule has 0 unspecified atom stereocenters. The summed E-state index contributed by atoms with van der Waals surface area (Å²) in [5.41, 5.74) is 1.89. The van der Waals surface area contributed by atoms with Crippen LogP contribution in [0.4, 0.5) is 5.69 Å². The van der Waals surface area contributed by atoms with Crippen LogP contribution in [-0.4, -0.2) is 23.9 Å². The van der Waals surface area contributed by atoms with E-state index in [1.165, 1.54) is 6.21 Å². The molecule has 0 bridgehead atoms. The number of para-hydroxylation sites is 1. The summed E-state index contributed by atoms with van der Waals surface area (Å²) in [5, 5.41) is 9.94. The monoisotopic (exact) mass is 275 g/mol. The van der Waals surface area contributed by atoms with E-state index in [0.717, 1.165) is 17.7 Å². The third kappa shape index (κ3) is 4.53. The third-order valence-corrected chi connectivity index (χ3v) is 2.74. The topological polar surface area (TPSA) is 58.9 Å². The van der Waals surface area contributed by atoms with Gasteiger partial charge in [0.25, 0.3) is 0 Å². The molecule has 1 aromatic carbocycles. The smallest absolute Gasteiger partial charge is 0.343 e. The molecule has 20 heavy (non-hydrogen) atoms. The zero-order chi connectivity index (χ0) is 15.0. The van der Waals surface area contributed by atoms with Crippen LogP contribution < -0.4 is 0 Å². The minimum atomic E-state index is -0.546. The summed E-state index contributed by atoms with van der Waals surface area (Å²) in [7, 11) is 0. The molecule has 0 aliphatic carbocycles. The van der Waals surface area contributed by atoms with Gasteiger partial charge in [0.2, 0.25) is 0 Å². The minimum Gasteiger partial charge on any atom is -0.511 e. The molecule has 0 fully saturated rings. The average Bonchev–Trinajstić information content (AvgIpc) is 2.41. The number of rotatable bonds is 6. The van der Waals surface area contributed by atoms with Crippen molar-refractivity contribution in [1.29, 1.82) is 0 Å². The lowest BCUT2D eigenvalue weighted by Crippen LogP contribution is -2.11. The number of aliphatic imine (C=N–C) groups is 1. The molecule has 0 atom stereocenters. The van der Waals surface area contributed by atoms with Gasteiger partial charge in [-0.2, -0.15) is 0 Å². The molecule has 1 N–H and O–H groups in total. The Bertz CT molecular complexity index is 518. The number of esters is 1. The number of nitrogens with zero attached hydrogens (tertiary/aromatic N) is 1. The standard InChI is InChI=1S/C16H21NO3/c1-4-8-15(18)13(16(19)20-5-2)11-17-14-10-7-6-9-12(14)3/h6-7,9-11,18H,4-5,8H2,1-3H3/b15-13-,17-11?. The fourth-order valence-electron chi connectivity index (χ4n) is 1.67. The highest BCUT2D eigenvalue weighted by Gasteiger charge is 2.14. The molecule has 4 heteroatoms. The Morgan fingerprint density at radius 1 is 1.35 bits per heavy atom. The lowest BCUT2D eigenvalue weighted by Gasteiger charge is -2.06. The largest absolute Gasteiger partial charge is 0.511 e. The van der Waals surface area contributed by atoms with Gasteiger partial charge < -0.3 is 9.84 Å². The summed E-state index contributed by atoms with van der Waals surface area (Å²) < 4.78 is 4.94. The first kappa shape index (κ1) is 16.0. The molecular formula is C16H21NO3. The summed E-state index contributed by atoms with van der Waals surface area (Å²) in [5.74, 6) is -0.529. The van der Waals surface area contributed by atoms with Crippen molar-refractivity contribution in [3.63, 3.8) is 0 Å². The van der Waals surface area contributed by atoms with E-state index in [1.54, 1.807) is 6.92 Å². The van der Waals surface area contributed by atoms with E-state index in [0.29, 0.717) is 6.42 Å². The van der Waals surface area contributed by atoms with Gasteiger partial charge in [0.1, 0.15) is 11.3 Å². The van der Waals surface area contributed by atoms with Crippen LogP contribution in [0.2, 0.25) is 0 Å². The highest BCUT2D eigenvalue weighted by Crippen LogP contribution is 2.18. The molecule has 0 aliphatic rings. The number of carbonyl (C=O) groups is 1. The molecule has 0 aromatic heterocycles. The summed E-state index contributed by atoms with van der Waals surface area (Å²) >= 11 is 0. The Labute approximate surface area is 119 Å². The number of hydrogen-bond acceptors (Lipinski definition) is 4. The predicted molar refractivity (Wildman–Crippen MR) is 80.5 cm³/mol. The summed E-state index contributed by atoms with van der Waals surface area (Å²) in [6.07, 6.45) is 2.55. The zero-order valence-corrected chi connectivity index (χ0v) is 12.2. The Hall–Kier alpha value is -2.10. The van der Waals surface area contributed by atoms with E-state index >= 15 is 0 Å². The van der Waals surface area contributed by atoms with Crippen LogP contribution in [0.25, 0.3) is 0 Å². The predicted octanol–water partition coefficient (Wildman–Crippen LogP) is 3.87. The summed E-state index contributed by atoms with van der Waals surface area (Å²) in [6, 6.07) is 7.59. The maximum atomic E-state index is 11.8. The maximum absolute atomic E-state index is 11.8. The molecule has 0 aliphatic heterocycles. The fourth-order valence-corrected chi connectivity index (χ4v) is 1.67. The van der Waals surface area contributed by atoms with Gasteiger partial charge in [-0.25, -0.2) is 4.79 Å². The van der Waals surface area contributed by atoms with Crippen LogP contribution in [0.5, 0.6) is 0 Å². The van der Waals surface area contributed by atoms with E-state index in [-0.39, 0.29) is 17.9 Å². The van der Waals surface area contributed by atoms with Crippen LogP contribution in [0.3, 0.4) is 0 Å². The van der Waals surface area contributed by atoms with Gasteiger partial charge in [-0.1, -0.05) is 25.1 Å². The van der Waals surface area contributed by atoms with Crippen molar-refractivity contribution in [2.45, 2.75) is 33.6 Å². The van der Waals surface area contributed by atoms with Gasteiger partial charge in [-0.15, -0.1) is 0 Å². The van der Waals surface area contributed by atoms with Gasteiger partial charge >= 0.3 is 5.97 Å². The lowest BCUT2D eigenvalue weighted by molar-refractivity contribution is -0.138. The van der Waals surface area contributed by atoms with Gasteiger partial charge in [-0.05, 0) is 31.9 Å². The first-order valence-corrected chi connectivity index (χ1v) is 6.79. The van der Waals surface area contributed by atoms with Crippen LogP contribution >= 0.6 is 0 Å². The zero-order valence-electron chi connectivity index (χ0n) is 12.2. The van der Waals surface area contributed by atoms with Gasteiger partial charge in [0.15, 0.2) is 0 Å². The van der Waals surface area contributed by atoms with Gasteiger partial charge in [-0.3, -0.25) is 4.99 Å². The molecule has 0 amide bonds. The number of benzene rings is 1. The van der Waals surface area contributed by atoms with E-state index < -0.39 is 5.97 Å². The molecule has 0 spiro atoms. The van der Waals surface area contributed by atoms with E-state index in [1.807, 2.05) is 38.1 Å². The van der Waals surface area contributed by atoms with E-state index in [9.17, 15) is 9.90 Å². The number of ether oxygens (including phenoxy) is 1. The van der Waals surface area contributed by atoms with Gasteiger partial charge in [0, 0.05) is 12.6 Å². The molecule has 1 aromatic rings. The van der Waals surface area contributed by atoms with Crippen molar-refractivity contribution in [3.05, 3.63) is 41.2 Å². The maximum Gasteiger partial charge on any atom is 0.343 e. The van der Waals surface area contributed by atoms with Crippen molar-refractivity contribution in [2.75, 3.05) is 6.61 Å². The molecule has 4 nitrogen and oxygen atoms in total. The van der Waals surface area contributed by atoms with E-state index in [4.69, 9.17) is 4.74 Å². The van der Waals surface area contributed by atoms with Gasteiger partial charge in [0.05, 0.1) is 12.3 Å². The number of carbonyl (C=O) groups excluding carboxylic acids is 1. The Balaban J connectivity index is 3.04. The third-order valence-electron chi connectivity index (χ3n) is 2.74. The number of allylic oxidation sites excluding steroid dienone is 1. The average molecular weight is 275 g/mol. The molecule has 0 heterocycles. The van der Waals surface area contributed by atoms with Crippen LogP contribution in [0, 0.1) is 6.92 Å². The quantitative estimate of drug-likeness (QED) is 0.371. The second kappa shape index (κ2) is 8.15. The number of hydrogen-bond donors (Lipinski definition) is 1. The molecule has 1 rings (SSSR count). The molecule has 108 valence electrons. The Morgan fingerprint density at radius 2 is 2.05 bits per heavy atom. The van der Waals surface area contributed by atoms with Crippen molar-refractivity contribution in [3.8, 4) is 0 Å². The Morgan fingerprint density at radius 3 is 2.65 bits per heavy atom. The fraction of sp³-hybridized carbons (Fsp3) is 0.375. The van der Waals surface area contributed by atoms with Crippen molar-refractivity contribution in [2.24, 2.45) is 4.99 Å². The van der Waals surface area contributed by atoms with E-state index in [2.05, 4.69) is 4.99 Å². The van der Waals surface area contributed by atoms with Crippen LogP contribution in [0.1, 0.15) is 32.3 Å². The number of aryl methyl sites for hydroxylation is 1. The lowest BCUT2D eigenvalue weighted by atomic mass is 10.1. The second-order valence-corrected chi connectivity index (χ2v) is 4.38. The van der Waals surface area contributed by atoms with Crippen LogP contribution in [-0.2, 0) is 9.53 Å². The Kier molecular flexibility index (Phi) is 6.50. The first-order chi connectivity index (χ1) is 9.60. The summed E-state index contributed by atoms with van der Waals surface area (Å²) in [4.78, 5) is 16.1. The summed E-state index contributed by atoms with van der Waals surface area (Å²) in [6.45, 7) is 5.86. The second-order valence-electron chi connectivity index (χ2n) is 4.38. The van der Waals surface area contributed by atoms with Crippen molar-refractivity contribution >= 4 is 17.9 Å². The molecule has 0 saturated carbocycles. The van der Waals surface area contributed by atoms with Crippen LogP contribution in [0.15, 0.2) is 40.6 Å². The normalized spacial score (nSPS) is 12.3. The molecule has 0 radical (unpaired) electrons. The molecular weight excluding hydrogens is 254 g/mol. The SMILES string of the molecule is CCC/C(O)=C(\C=Nc1ccccc1C)C(=O)OCC. The minimum absolute atomic E-state index is 0.0169.